The lowest BCUT2D eigenvalue weighted by atomic mass is 10.1. The summed E-state index contributed by atoms with van der Waals surface area (Å²) in [4.78, 5) is 11.0. The summed E-state index contributed by atoms with van der Waals surface area (Å²) in [5, 5.41) is 12.2. The van der Waals surface area contributed by atoms with E-state index in [2.05, 4.69) is 5.32 Å². The largest absolute Gasteiger partial charge is 0.478 e. The number of nitrogens with two attached hydrogens (primary N) is 1. The van der Waals surface area contributed by atoms with Gasteiger partial charge in [0.15, 0.2) is 0 Å². The smallest absolute Gasteiger partial charge is 0.335 e. The van der Waals surface area contributed by atoms with E-state index in [0.29, 0.717) is 17.8 Å². The molecule has 0 saturated carbocycles. The summed E-state index contributed by atoms with van der Waals surface area (Å²) >= 11 is 0. The van der Waals surface area contributed by atoms with Crippen molar-refractivity contribution in [2.75, 3.05) is 11.1 Å². The number of carboxylic acid groups (broad SMARTS) is 1. The van der Waals surface area contributed by atoms with Crippen molar-refractivity contribution in [3.63, 3.8) is 0 Å². The molecule has 21 heavy (non-hydrogen) atoms. The summed E-state index contributed by atoms with van der Waals surface area (Å²) in [5.74, 6) is -1.26. The minimum Gasteiger partial charge on any atom is -0.478 e. The number of halogens is 1. The molecule has 0 amide bonds. The van der Waals surface area contributed by atoms with Crippen LogP contribution in [0.2, 0.25) is 0 Å². The lowest BCUT2D eigenvalue weighted by Crippen LogP contribution is -2.19. The van der Waals surface area contributed by atoms with Crippen LogP contribution < -0.4 is 11.1 Å². The molecule has 0 saturated heterocycles. The third-order valence-electron chi connectivity index (χ3n) is 3.16. The average Bonchev–Trinajstić information content (AvgIpc) is 2.43. The van der Waals surface area contributed by atoms with E-state index < -0.39 is 5.97 Å². The molecule has 2 aromatic rings. The number of nitrogens with one attached hydrogen (secondary N) is 1. The highest BCUT2D eigenvalue weighted by Gasteiger charge is 2.10. The van der Waals surface area contributed by atoms with Crippen molar-refractivity contribution in [1.82, 2.24) is 0 Å². The van der Waals surface area contributed by atoms with Gasteiger partial charge in [0.25, 0.3) is 0 Å². The van der Waals surface area contributed by atoms with Crippen LogP contribution in [0.15, 0.2) is 42.5 Å². The highest BCUT2D eigenvalue weighted by Crippen LogP contribution is 2.21. The number of rotatable bonds is 5. The molecule has 1 atom stereocenters. The van der Waals surface area contributed by atoms with Crippen molar-refractivity contribution >= 4 is 17.3 Å². The lowest BCUT2D eigenvalue weighted by molar-refractivity contribution is 0.0697. The molecule has 5 heteroatoms. The third kappa shape index (κ3) is 3.95. The maximum absolute atomic E-state index is 12.9. The quantitative estimate of drug-likeness (QED) is 0.739. The van der Waals surface area contributed by atoms with Crippen molar-refractivity contribution in [2.24, 2.45) is 0 Å². The molecule has 0 aromatic heterocycles. The fourth-order valence-electron chi connectivity index (χ4n) is 2.10. The first kappa shape index (κ1) is 14.8. The van der Waals surface area contributed by atoms with Gasteiger partial charge in [-0.05, 0) is 49.2 Å². The van der Waals surface area contributed by atoms with Gasteiger partial charge in [0.1, 0.15) is 5.82 Å². The van der Waals surface area contributed by atoms with E-state index in [1.165, 1.54) is 24.3 Å². The minimum absolute atomic E-state index is 0.0295. The molecule has 0 bridgehead atoms. The second-order valence-electron chi connectivity index (χ2n) is 4.98. The van der Waals surface area contributed by atoms with Crippen LogP contribution in [0.25, 0.3) is 0 Å². The summed E-state index contributed by atoms with van der Waals surface area (Å²) in [7, 11) is 0. The van der Waals surface area contributed by atoms with Crippen molar-refractivity contribution in [3.8, 4) is 0 Å². The number of carbonyl (C=O) groups is 1. The Balaban J connectivity index is 2.08. The molecular formula is C16H17FN2O2. The normalized spacial score (nSPS) is 11.9. The Hall–Kier alpha value is -2.56. The van der Waals surface area contributed by atoms with Crippen molar-refractivity contribution in [1.29, 1.82) is 0 Å². The van der Waals surface area contributed by atoms with Gasteiger partial charge in [-0.3, -0.25) is 0 Å². The Morgan fingerprint density at radius 1 is 1.29 bits per heavy atom. The molecule has 2 rings (SSSR count). The number of benzene rings is 2. The maximum atomic E-state index is 12.9. The number of hydrogen-bond donors (Lipinski definition) is 3. The summed E-state index contributed by atoms with van der Waals surface area (Å²) in [5.41, 5.74) is 8.10. The minimum atomic E-state index is -0.996. The van der Waals surface area contributed by atoms with E-state index in [0.717, 1.165) is 5.56 Å². The van der Waals surface area contributed by atoms with Gasteiger partial charge in [0.2, 0.25) is 0 Å². The SMILES string of the molecule is CC(Cc1ccc(F)cc1)Nc1cc(C(=O)O)ccc1N. The Kier molecular flexibility index (Phi) is 4.42. The Labute approximate surface area is 122 Å². The number of aromatic carboxylic acids is 1. The van der Waals surface area contributed by atoms with Crippen LogP contribution in [0.4, 0.5) is 15.8 Å². The highest BCUT2D eigenvalue weighted by molar-refractivity contribution is 5.90. The van der Waals surface area contributed by atoms with E-state index >= 15 is 0 Å². The average molecular weight is 288 g/mol. The molecule has 4 nitrogen and oxygen atoms in total. The fourth-order valence-corrected chi connectivity index (χ4v) is 2.10. The van der Waals surface area contributed by atoms with Crippen LogP contribution >= 0.6 is 0 Å². The van der Waals surface area contributed by atoms with Gasteiger partial charge in [-0.25, -0.2) is 9.18 Å². The van der Waals surface area contributed by atoms with E-state index in [4.69, 9.17) is 10.8 Å². The van der Waals surface area contributed by atoms with E-state index in [1.807, 2.05) is 6.92 Å². The second kappa shape index (κ2) is 6.26. The summed E-state index contributed by atoms with van der Waals surface area (Å²) in [6.45, 7) is 1.95. The predicted octanol–water partition coefficient (Wildman–Crippen LogP) is 3.15. The summed E-state index contributed by atoms with van der Waals surface area (Å²) < 4.78 is 12.9. The zero-order chi connectivity index (χ0) is 15.4. The maximum Gasteiger partial charge on any atom is 0.335 e. The third-order valence-corrected chi connectivity index (χ3v) is 3.16. The molecule has 0 radical (unpaired) electrons. The molecule has 1 unspecified atom stereocenters. The van der Waals surface area contributed by atoms with E-state index in [1.54, 1.807) is 18.2 Å². The summed E-state index contributed by atoms with van der Waals surface area (Å²) in [6, 6.07) is 10.9. The van der Waals surface area contributed by atoms with E-state index in [-0.39, 0.29) is 17.4 Å². The number of carboxylic acids is 1. The molecule has 0 spiro atoms. The van der Waals surface area contributed by atoms with Gasteiger partial charge in [0, 0.05) is 6.04 Å². The first-order chi connectivity index (χ1) is 9.95. The lowest BCUT2D eigenvalue weighted by Gasteiger charge is -2.17. The number of hydrogen-bond acceptors (Lipinski definition) is 3. The van der Waals surface area contributed by atoms with Gasteiger partial charge < -0.3 is 16.2 Å². The molecule has 110 valence electrons. The van der Waals surface area contributed by atoms with Gasteiger partial charge in [-0.15, -0.1) is 0 Å². The van der Waals surface area contributed by atoms with Crippen LogP contribution in [0.5, 0.6) is 0 Å². The molecule has 0 heterocycles. The topological polar surface area (TPSA) is 75.3 Å². The van der Waals surface area contributed by atoms with Crippen LogP contribution in [0.1, 0.15) is 22.8 Å². The zero-order valence-corrected chi connectivity index (χ0v) is 11.6. The fraction of sp³-hybridized carbons (Fsp3) is 0.188. The molecule has 4 N–H and O–H groups in total. The van der Waals surface area contributed by atoms with Gasteiger partial charge in [-0.1, -0.05) is 12.1 Å². The van der Waals surface area contributed by atoms with Gasteiger partial charge in [-0.2, -0.15) is 0 Å². The molecule has 0 aliphatic rings. The first-order valence-electron chi connectivity index (χ1n) is 6.59. The molecular weight excluding hydrogens is 271 g/mol. The van der Waals surface area contributed by atoms with Crippen molar-refractivity contribution < 1.29 is 14.3 Å². The monoisotopic (exact) mass is 288 g/mol. The number of anilines is 2. The second-order valence-corrected chi connectivity index (χ2v) is 4.98. The molecule has 0 aliphatic heterocycles. The first-order valence-corrected chi connectivity index (χ1v) is 6.59. The standard InChI is InChI=1S/C16H17FN2O2/c1-10(8-11-2-5-13(17)6-3-11)19-15-9-12(16(20)21)4-7-14(15)18/h2-7,9-10,19H,8,18H2,1H3,(H,20,21). The van der Waals surface area contributed by atoms with Crippen LogP contribution in [-0.4, -0.2) is 17.1 Å². The predicted molar refractivity (Wildman–Crippen MR) is 81.0 cm³/mol. The zero-order valence-electron chi connectivity index (χ0n) is 11.6. The Morgan fingerprint density at radius 3 is 2.57 bits per heavy atom. The molecule has 2 aromatic carbocycles. The van der Waals surface area contributed by atoms with Crippen molar-refractivity contribution in [2.45, 2.75) is 19.4 Å². The summed E-state index contributed by atoms with van der Waals surface area (Å²) in [6.07, 6.45) is 0.678. The Morgan fingerprint density at radius 2 is 1.95 bits per heavy atom. The number of nitrogen functional groups attached to an aromatic ring is 1. The molecule has 0 fully saturated rings. The van der Waals surface area contributed by atoms with Gasteiger partial charge >= 0.3 is 5.97 Å². The van der Waals surface area contributed by atoms with Gasteiger partial charge in [0.05, 0.1) is 16.9 Å². The highest BCUT2D eigenvalue weighted by atomic mass is 19.1. The van der Waals surface area contributed by atoms with Crippen LogP contribution in [0.3, 0.4) is 0 Å². The van der Waals surface area contributed by atoms with Crippen LogP contribution in [0, 0.1) is 5.82 Å². The van der Waals surface area contributed by atoms with Crippen LogP contribution in [-0.2, 0) is 6.42 Å². The van der Waals surface area contributed by atoms with Crippen molar-refractivity contribution in [3.05, 3.63) is 59.4 Å². The van der Waals surface area contributed by atoms with E-state index in [9.17, 15) is 9.18 Å². The molecule has 0 aliphatic carbocycles. The Bertz CT molecular complexity index is 641.